The van der Waals surface area contributed by atoms with Crippen molar-refractivity contribution in [3.63, 3.8) is 0 Å². The molecule has 0 bridgehead atoms. The van der Waals surface area contributed by atoms with E-state index < -0.39 is 15.8 Å². The van der Waals surface area contributed by atoms with Crippen LogP contribution in [0.25, 0.3) is 11.1 Å². The van der Waals surface area contributed by atoms with Gasteiger partial charge in [0.1, 0.15) is 0 Å². The predicted octanol–water partition coefficient (Wildman–Crippen LogP) is 1.95. The van der Waals surface area contributed by atoms with Crippen molar-refractivity contribution in [1.29, 1.82) is 0 Å². The molecule has 1 N–H and O–H groups in total. The maximum Gasteiger partial charge on any atom is 0.419 e. The van der Waals surface area contributed by atoms with E-state index in [0.29, 0.717) is 48.7 Å². The number of ether oxygens (including phenoxy) is 1. The SMILES string of the molecule is Cc1ccc(NC(=O)CCn2c(=O)oc3ccccc32)cc1S(=O)(=O)N1CCOCC1. The van der Waals surface area contributed by atoms with E-state index in [-0.39, 0.29) is 23.8 Å². The monoisotopic (exact) mass is 445 g/mol. The molecule has 1 aliphatic heterocycles. The third-order valence-electron chi connectivity index (χ3n) is 5.20. The fourth-order valence-electron chi connectivity index (χ4n) is 3.54. The second-order valence-corrected chi connectivity index (χ2v) is 9.19. The van der Waals surface area contributed by atoms with Gasteiger partial charge in [-0.25, -0.2) is 13.2 Å². The third-order valence-corrected chi connectivity index (χ3v) is 7.24. The van der Waals surface area contributed by atoms with E-state index in [4.69, 9.17) is 9.15 Å². The molecule has 1 fully saturated rings. The minimum Gasteiger partial charge on any atom is -0.408 e. The number of hydrogen-bond acceptors (Lipinski definition) is 6. The van der Waals surface area contributed by atoms with E-state index in [9.17, 15) is 18.0 Å². The molecule has 2 aromatic carbocycles. The first-order valence-electron chi connectivity index (χ1n) is 9.93. The largest absolute Gasteiger partial charge is 0.419 e. The Bertz CT molecular complexity index is 1270. The average molecular weight is 445 g/mol. The number of rotatable bonds is 6. The predicted molar refractivity (Wildman–Crippen MR) is 114 cm³/mol. The summed E-state index contributed by atoms with van der Waals surface area (Å²) in [5.41, 5.74) is 2.06. The first-order valence-corrected chi connectivity index (χ1v) is 11.4. The zero-order valence-electron chi connectivity index (χ0n) is 17.0. The molecule has 1 saturated heterocycles. The lowest BCUT2D eigenvalue weighted by Gasteiger charge is -2.26. The van der Waals surface area contributed by atoms with Gasteiger partial charge < -0.3 is 14.5 Å². The van der Waals surface area contributed by atoms with Gasteiger partial charge in [0, 0.05) is 31.7 Å². The number of morpholine rings is 1. The Morgan fingerprint density at radius 1 is 1.13 bits per heavy atom. The van der Waals surface area contributed by atoms with Crippen molar-refractivity contribution in [2.75, 3.05) is 31.6 Å². The van der Waals surface area contributed by atoms with Crippen LogP contribution < -0.4 is 11.1 Å². The molecule has 4 rings (SSSR count). The molecule has 2 heterocycles. The number of carbonyl (C=O) groups excluding carboxylic acids is 1. The summed E-state index contributed by atoms with van der Waals surface area (Å²) in [5.74, 6) is -0.862. The second-order valence-electron chi connectivity index (χ2n) is 7.28. The van der Waals surface area contributed by atoms with Gasteiger partial charge in [-0.05, 0) is 36.8 Å². The molecule has 10 heteroatoms. The molecular weight excluding hydrogens is 422 g/mol. The number of sulfonamides is 1. The van der Waals surface area contributed by atoms with Crippen LogP contribution in [0.4, 0.5) is 5.69 Å². The summed E-state index contributed by atoms with van der Waals surface area (Å²) in [6, 6.07) is 11.8. The van der Waals surface area contributed by atoms with Crippen LogP contribution in [0.2, 0.25) is 0 Å². The van der Waals surface area contributed by atoms with Gasteiger partial charge in [-0.15, -0.1) is 0 Å². The van der Waals surface area contributed by atoms with Gasteiger partial charge >= 0.3 is 5.76 Å². The van der Waals surface area contributed by atoms with Crippen LogP contribution in [0.1, 0.15) is 12.0 Å². The number of nitrogens with zero attached hydrogens (tertiary/aromatic N) is 2. The van der Waals surface area contributed by atoms with Crippen LogP contribution in [-0.4, -0.2) is 49.5 Å². The Balaban J connectivity index is 1.48. The van der Waals surface area contributed by atoms with Crippen molar-refractivity contribution >= 4 is 32.7 Å². The van der Waals surface area contributed by atoms with E-state index in [1.54, 1.807) is 43.3 Å². The zero-order valence-corrected chi connectivity index (χ0v) is 17.9. The lowest BCUT2D eigenvalue weighted by atomic mass is 10.2. The van der Waals surface area contributed by atoms with Crippen molar-refractivity contribution in [3.8, 4) is 0 Å². The molecule has 31 heavy (non-hydrogen) atoms. The molecular formula is C21H23N3O6S. The first-order chi connectivity index (χ1) is 14.9. The summed E-state index contributed by atoms with van der Waals surface area (Å²) in [7, 11) is -3.68. The van der Waals surface area contributed by atoms with E-state index >= 15 is 0 Å². The van der Waals surface area contributed by atoms with Gasteiger partial charge in [-0.3, -0.25) is 9.36 Å². The molecule has 0 spiro atoms. The number of fused-ring (bicyclic) bond motifs is 1. The highest BCUT2D eigenvalue weighted by atomic mass is 32.2. The van der Waals surface area contributed by atoms with E-state index in [0.717, 1.165) is 0 Å². The quantitative estimate of drug-likeness (QED) is 0.621. The molecule has 1 aliphatic rings. The summed E-state index contributed by atoms with van der Waals surface area (Å²) >= 11 is 0. The van der Waals surface area contributed by atoms with Crippen LogP contribution in [0.5, 0.6) is 0 Å². The lowest BCUT2D eigenvalue weighted by Crippen LogP contribution is -2.40. The number of oxazole rings is 1. The van der Waals surface area contributed by atoms with Gasteiger partial charge in [0.05, 0.1) is 23.6 Å². The van der Waals surface area contributed by atoms with E-state index in [1.165, 1.54) is 14.9 Å². The molecule has 3 aromatic rings. The highest BCUT2D eigenvalue weighted by molar-refractivity contribution is 7.89. The topological polar surface area (TPSA) is 111 Å². The van der Waals surface area contributed by atoms with Crippen LogP contribution >= 0.6 is 0 Å². The highest BCUT2D eigenvalue weighted by Gasteiger charge is 2.28. The summed E-state index contributed by atoms with van der Waals surface area (Å²) in [4.78, 5) is 24.7. The van der Waals surface area contributed by atoms with Crippen molar-refractivity contribution < 1.29 is 22.4 Å². The molecule has 1 amide bonds. The second kappa shape index (κ2) is 8.66. The normalized spacial score (nSPS) is 15.3. The molecule has 9 nitrogen and oxygen atoms in total. The Kier molecular flexibility index (Phi) is 5.94. The van der Waals surface area contributed by atoms with Crippen LogP contribution in [0.3, 0.4) is 0 Å². The summed E-state index contributed by atoms with van der Waals surface area (Å²) in [6.07, 6.45) is 0.0306. The van der Waals surface area contributed by atoms with Crippen molar-refractivity contribution in [2.24, 2.45) is 0 Å². The Labute approximate surface area is 179 Å². The van der Waals surface area contributed by atoms with Crippen molar-refractivity contribution in [2.45, 2.75) is 24.8 Å². The van der Waals surface area contributed by atoms with Crippen LogP contribution in [-0.2, 0) is 26.1 Å². The smallest absolute Gasteiger partial charge is 0.408 e. The van der Waals surface area contributed by atoms with Crippen LogP contribution in [0, 0.1) is 6.92 Å². The van der Waals surface area contributed by atoms with Crippen LogP contribution in [0.15, 0.2) is 56.6 Å². The molecule has 1 aromatic heterocycles. The summed E-state index contributed by atoms with van der Waals surface area (Å²) in [6.45, 7) is 3.17. The molecule has 0 unspecified atom stereocenters. The third kappa shape index (κ3) is 4.41. The van der Waals surface area contributed by atoms with Gasteiger partial charge in [0.2, 0.25) is 15.9 Å². The fraction of sp³-hybridized carbons (Fsp3) is 0.333. The van der Waals surface area contributed by atoms with Gasteiger partial charge in [-0.1, -0.05) is 18.2 Å². The minimum absolute atomic E-state index is 0.0306. The number of para-hydroxylation sites is 2. The summed E-state index contributed by atoms with van der Waals surface area (Å²) in [5, 5.41) is 2.72. The molecule has 0 radical (unpaired) electrons. The number of nitrogens with one attached hydrogen (secondary N) is 1. The highest BCUT2D eigenvalue weighted by Crippen LogP contribution is 2.24. The van der Waals surface area contributed by atoms with Gasteiger partial charge in [0.25, 0.3) is 0 Å². The Morgan fingerprint density at radius 2 is 1.87 bits per heavy atom. The first kappa shape index (κ1) is 21.3. The zero-order chi connectivity index (χ0) is 22.0. The molecule has 0 atom stereocenters. The maximum absolute atomic E-state index is 13.0. The number of hydrogen-bond donors (Lipinski definition) is 1. The number of carbonyl (C=O) groups is 1. The molecule has 0 aliphatic carbocycles. The van der Waals surface area contributed by atoms with Crippen molar-refractivity contribution in [1.82, 2.24) is 8.87 Å². The number of aryl methyl sites for hydroxylation is 2. The standard InChI is InChI=1S/C21H23N3O6S/c1-15-6-7-16(14-19(15)31(27,28)23-10-12-29-13-11-23)22-20(25)8-9-24-17-4-2-3-5-18(17)30-21(24)26/h2-7,14H,8-13H2,1H3,(H,22,25). The van der Waals surface area contributed by atoms with Gasteiger partial charge in [0.15, 0.2) is 5.58 Å². The maximum atomic E-state index is 13.0. The Hall–Kier alpha value is -2.95. The Morgan fingerprint density at radius 3 is 2.65 bits per heavy atom. The minimum atomic E-state index is -3.68. The van der Waals surface area contributed by atoms with Gasteiger partial charge in [-0.2, -0.15) is 4.31 Å². The average Bonchev–Trinajstić information content (AvgIpc) is 3.09. The molecule has 0 saturated carbocycles. The number of amides is 1. The van der Waals surface area contributed by atoms with E-state index in [1.807, 2.05) is 0 Å². The number of aromatic nitrogens is 1. The lowest BCUT2D eigenvalue weighted by molar-refractivity contribution is -0.116. The van der Waals surface area contributed by atoms with E-state index in [2.05, 4.69) is 5.32 Å². The fourth-order valence-corrected chi connectivity index (χ4v) is 5.20. The number of anilines is 1. The number of benzene rings is 2. The van der Waals surface area contributed by atoms with Crippen molar-refractivity contribution in [3.05, 3.63) is 58.6 Å². The molecule has 164 valence electrons. The summed E-state index contributed by atoms with van der Waals surface area (Å²) < 4.78 is 39.2.